The topological polar surface area (TPSA) is 314 Å². The van der Waals surface area contributed by atoms with Gasteiger partial charge < -0.3 is 44.5 Å². The zero-order valence-electron chi connectivity index (χ0n) is 68.3. The van der Waals surface area contributed by atoms with E-state index in [9.17, 15) is 29.1 Å². The number of aliphatic imine (C=N–C) groups is 4. The molecule has 8 aromatic carbocycles. The first kappa shape index (κ1) is 91.6. The van der Waals surface area contributed by atoms with Crippen LogP contribution in [-0.4, -0.2) is 143 Å². The summed E-state index contributed by atoms with van der Waals surface area (Å²) in [4.78, 5) is 83.6. The monoisotopic (exact) mass is 1750 g/mol. The highest BCUT2D eigenvalue weighted by Gasteiger charge is 2.33. The number of nitrogens with one attached hydrogen (secondary N) is 1. The summed E-state index contributed by atoms with van der Waals surface area (Å²) in [5.41, 5.74) is 13.0. The van der Waals surface area contributed by atoms with Crippen LogP contribution in [-0.2, 0) is 41.4 Å². The van der Waals surface area contributed by atoms with Crippen LogP contribution < -0.4 is 5.56 Å². The van der Waals surface area contributed by atoms with Gasteiger partial charge in [0.1, 0.15) is 45.9 Å². The fraction of sp³-hybridized carbons (Fsp3) is 0.293. The second kappa shape index (κ2) is 40.3. The predicted molar refractivity (Wildman–Crippen MR) is 473 cm³/mol. The van der Waals surface area contributed by atoms with Crippen LogP contribution >= 0.6 is 55.1 Å². The van der Waals surface area contributed by atoms with Gasteiger partial charge in [0.05, 0.1) is 34.1 Å². The number of nitrogens with zero attached hydrogens (tertiary/aromatic N) is 6. The highest BCUT2D eigenvalue weighted by molar-refractivity contribution is 9.11. The van der Waals surface area contributed by atoms with Crippen LogP contribution in [0.1, 0.15) is 154 Å². The number of aromatic hydroxyl groups is 1. The number of carbonyl (C=O) groups excluding carboxylic acids is 1. The molecule has 0 bridgehead atoms. The van der Waals surface area contributed by atoms with Crippen molar-refractivity contribution < 1.29 is 63.7 Å². The van der Waals surface area contributed by atoms with E-state index in [0.717, 1.165) is 86.7 Å². The maximum absolute atomic E-state index is 11.8. The summed E-state index contributed by atoms with van der Waals surface area (Å²) in [6, 6.07) is 54.9. The SMILES string of the molecule is Cc1cccc(C(=O)O)c1.Cc1cccc(C2=NC(C)(C)CO2)c1.Cc1cccc(C2=NC(C)(C)CO2)c1C(=O)C(=O)O.Cc1cccc(C2=NC(C)(C)CO2)c1CC(=O)O.Cc1cccc(C2=NC(C)(C)CO2)c1CCO.Cc1cccc2c(Br)nc(Br)cc12.Cc1cccc2c(Cl)nc(Cl)cc12.Cc1cccc2c(O)[nH]c(=O)cc12. The third-order valence-electron chi connectivity index (χ3n) is 18.4. The first-order chi connectivity index (χ1) is 55.0. The Labute approximate surface area is 707 Å². The maximum Gasteiger partial charge on any atom is 0.377 e. The van der Waals surface area contributed by atoms with Gasteiger partial charge in [0.25, 0.3) is 11.3 Å². The van der Waals surface area contributed by atoms with Crippen molar-refractivity contribution in [2.24, 2.45) is 20.0 Å². The van der Waals surface area contributed by atoms with Crippen molar-refractivity contribution in [3.8, 4) is 5.88 Å². The van der Waals surface area contributed by atoms with Gasteiger partial charge in [-0.05, 0) is 270 Å². The molecule has 21 nitrogen and oxygen atoms in total. The number of carboxylic acids is 3. The van der Waals surface area contributed by atoms with Gasteiger partial charge in [0.15, 0.2) is 5.88 Å². The van der Waals surface area contributed by atoms with Gasteiger partial charge in [-0.3, -0.25) is 19.4 Å². The molecule has 0 unspecified atom stereocenters. The summed E-state index contributed by atoms with van der Waals surface area (Å²) < 4.78 is 24.0. The van der Waals surface area contributed by atoms with E-state index in [-0.39, 0.29) is 52.2 Å². The number of H-pyrrole nitrogens is 1. The summed E-state index contributed by atoms with van der Waals surface area (Å²) in [6.07, 6.45) is 0.635. The predicted octanol–water partition coefficient (Wildman–Crippen LogP) is 19.8. The fourth-order valence-corrected chi connectivity index (χ4v) is 14.2. The zero-order chi connectivity index (χ0) is 86.0. The molecule has 0 amide bonds. The fourth-order valence-electron chi connectivity index (χ4n) is 12.5. The molecule has 6 N–H and O–H groups in total. The number of aromatic nitrogens is 3. The highest BCUT2D eigenvalue weighted by Crippen LogP contribution is 2.32. The lowest BCUT2D eigenvalue weighted by Crippen LogP contribution is -2.19. The highest BCUT2D eigenvalue weighted by atomic mass is 79.9. The summed E-state index contributed by atoms with van der Waals surface area (Å²) in [6.45, 7) is 34.1. The van der Waals surface area contributed by atoms with Crippen LogP contribution in [0, 0.1) is 55.4 Å². The van der Waals surface area contributed by atoms with Gasteiger partial charge in [-0.1, -0.05) is 144 Å². The van der Waals surface area contributed by atoms with Crippen molar-refractivity contribution in [3.63, 3.8) is 0 Å². The first-order valence-corrected chi connectivity index (χ1v) is 39.8. The van der Waals surface area contributed by atoms with E-state index < -0.39 is 23.7 Å². The number of rotatable bonds is 11. The smallest absolute Gasteiger partial charge is 0.377 e. The number of ether oxygens (including phenoxy) is 4. The lowest BCUT2D eigenvalue weighted by Gasteiger charge is -2.11. The summed E-state index contributed by atoms with van der Waals surface area (Å²) in [7, 11) is 0. The van der Waals surface area contributed by atoms with E-state index in [1.807, 2.05) is 152 Å². The lowest BCUT2D eigenvalue weighted by molar-refractivity contribution is -0.136. The molecule has 11 aromatic rings. The molecule has 0 aliphatic carbocycles. The van der Waals surface area contributed by atoms with Crippen LogP contribution in [0.2, 0.25) is 10.3 Å². The minimum absolute atomic E-state index is 0.00911. The lowest BCUT2D eigenvalue weighted by atomic mass is 9.98. The molecule has 7 heterocycles. The van der Waals surface area contributed by atoms with E-state index in [1.54, 1.807) is 49.4 Å². The Hall–Kier alpha value is -11.0. The molecule has 4 aliphatic heterocycles. The number of aliphatic carboxylic acids is 2. The standard InChI is InChI=1S/C14H15NO4.C14H17NO3.C14H19NO2.C12H15NO.C10H7Br2N.C10H7Cl2N.C10H9NO2.C8H8O2/c1-8-5-4-6-9(10(8)11(16)13(17)18)12-15-14(2,3)7-19-12;1-9-5-4-6-10(11(9)7-12(16)17)13-15-14(2,3)8-18-13;1-10-5-4-6-12(11(10)7-8-16)13-15-14(2,3)9-17-13;1-9-5-4-6-10(7-9)11-13-12(2,3)8-14-11;2*1-6-3-2-4-7-8(6)5-9(11)13-10(7)12;1-6-3-2-4-7-8(6)5-9(12)11-10(7)13;1-6-3-2-4-7(5-6)8(9)10/h4-6H,7H2,1-3H3,(H,17,18);4-6H,7-8H2,1-3H3,(H,16,17);4-6,16H,7-9H2,1-3H3;4-7H,8H2,1-3H3;2*2-5H,1H3;2-5H,1H3,(H2,11,12,13);2-5H,1H3,(H,9,10). The largest absolute Gasteiger partial charge is 0.494 e. The molecule has 0 saturated heterocycles. The molecule has 4 aliphatic rings. The van der Waals surface area contributed by atoms with Gasteiger partial charge in [0, 0.05) is 56.6 Å². The molecule has 15 rings (SSSR count). The molecule has 0 saturated carbocycles. The van der Waals surface area contributed by atoms with Crippen LogP contribution in [0.5, 0.6) is 5.88 Å². The van der Waals surface area contributed by atoms with Gasteiger partial charge in [0.2, 0.25) is 23.6 Å². The van der Waals surface area contributed by atoms with E-state index in [4.69, 9.17) is 62.6 Å². The average Bonchev–Trinajstić information content (AvgIpc) is 1.72. The number of carboxylic acid groups (broad SMARTS) is 3. The molecule has 0 fully saturated rings. The summed E-state index contributed by atoms with van der Waals surface area (Å²) in [5, 5.41) is 51.7. The van der Waals surface area contributed by atoms with Crippen molar-refractivity contribution in [1.29, 1.82) is 0 Å². The number of aromatic carboxylic acids is 1. The Balaban J connectivity index is 0.000000168. The quantitative estimate of drug-likeness (QED) is 0.0398. The number of pyridine rings is 3. The van der Waals surface area contributed by atoms with Crippen molar-refractivity contribution >= 4 is 135 Å². The van der Waals surface area contributed by atoms with E-state index in [1.165, 1.54) is 28.1 Å². The van der Waals surface area contributed by atoms with Crippen LogP contribution in [0.3, 0.4) is 0 Å². The van der Waals surface area contributed by atoms with E-state index in [0.29, 0.717) is 82.9 Å². The number of hydrogen-bond acceptors (Lipinski definition) is 17. The third-order valence-corrected chi connectivity index (χ3v) is 19.9. The first-order valence-electron chi connectivity index (χ1n) is 37.5. The molecule has 117 heavy (non-hydrogen) atoms. The number of aryl methyl sites for hydroxylation is 8. The Morgan fingerprint density at radius 1 is 0.462 bits per heavy atom. The molecular weight excluding hydrogens is 1660 g/mol. The Morgan fingerprint density at radius 2 is 0.880 bits per heavy atom. The minimum atomic E-state index is -1.48. The zero-order valence-corrected chi connectivity index (χ0v) is 73.0. The van der Waals surface area contributed by atoms with E-state index >= 15 is 0 Å². The van der Waals surface area contributed by atoms with E-state index in [2.05, 4.69) is 146 Å². The van der Waals surface area contributed by atoms with Gasteiger partial charge in [-0.25, -0.2) is 39.5 Å². The summed E-state index contributed by atoms with van der Waals surface area (Å²) >= 11 is 18.6. The second-order valence-corrected chi connectivity index (χ2v) is 33.1. The number of hydrogen-bond donors (Lipinski definition) is 6. The molecule has 25 heteroatoms. The van der Waals surface area contributed by atoms with Crippen LogP contribution in [0.25, 0.3) is 32.3 Å². The van der Waals surface area contributed by atoms with Crippen molar-refractivity contribution in [2.45, 2.75) is 146 Å². The number of aliphatic hydroxyl groups is 1. The third kappa shape index (κ3) is 25.8. The van der Waals surface area contributed by atoms with Crippen LogP contribution in [0.4, 0.5) is 0 Å². The molecule has 612 valence electrons. The number of aliphatic hydroxyl groups excluding tert-OH is 1. The normalized spacial score (nSPS) is 14.5. The molecule has 0 spiro atoms. The molecule has 3 aromatic heterocycles. The van der Waals surface area contributed by atoms with Crippen molar-refractivity contribution in [1.82, 2.24) is 15.0 Å². The number of benzene rings is 8. The van der Waals surface area contributed by atoms with Gasteiger partial charge in [-0.15, -0.1) is 0 Å². The minimum Gasteiger partial charge on any atom is -0.494 e. The number of carbonyl (C=O) groups is 4. The van der Waals surface area contributed by atoms with Crippen LogP contribution in [0.15, 0.2) is 210 Å². The Bertz CT molecular complexity index is 5630. The average molecular weight is 1760 g/mol. The molecular formula is C92H97Br2Cl2N7O14. The summed E-state index contributed by atoms with van der Waals surface area (Å²) in [5.74, 6) is -1.82. The Morgan fingerprint density at radius 3 is 1.35 bits per heavy atom. The Kier molecular flexibility index (Phi) is 31.5. The molecule has 0 radical (unpaired) electrons. The number of ketones is 1. The van der Waals surface area contributed by atoms with Gasteiger partial charge in [-0.2, -0.15) is 0 Å². The maximum atomic E-state index is 11.8. The molecule has 0 atom stereocenters. The number of Topliss-reactive ketones (excluding diaryl/α,β-unsaturated/α-hetero) is 1. The number of fused-ring (bicyclic) bond motifs is 3. The number of aromatic amines is 1. The van der Waals surface area contributed by atoms with Gasteiger partial charge >= 0.3 is 17.9 Å². The second-order valence-electron chi connectivity index (χ2n) is 30.8. The van der Waals surface area contributed by atoms with Crippen molar-refractivity contribution in [2.75, 3.05) is 33.0 Å². The van der Waals surface area contributed by atoms with Crippen molar-refractivity contribution in [3.05, 3.63) is 295 Å². The number of halogens is 4.